The van der Waals surface area contributed by atoms with Crippen LogP contribution in [0.1, 0.15) is 37.9 Å². The second-order valence-corrected chi connectivity index (χ2v) is 6.94. The van der Waals surface area contributed by atoms with Crippen molar-refractivity contribution in [3.05, 3.63) is 5.82 Å². The Bertz CT molecular complexity index is 452. The van der Waals surface area contributed by atoms with Crippen molar-refractivity contribution in [1.82, 2.24) is 14.8 Å². The molecule has 4 aliphatic rings. The molecule has 5 rings (SSSR count). The van der Waals surface area contributed by atoms with Crippen LogP contribution in [0.15, 0.2) is 0 Å². The molecule has 4 saturated carbocycles. The number of nitrogens with two attached hydrogens (primary N) is 1. The monoisotopic (exact) mass is 261 g/mol. The summed E-state index contributed by atoms with van der Waals surface area (Å²) in [5.74, 6) is 12.0. The Balaban J connectivity index is 1.55. The van der Waals surface area contributed by atoms with Gasteiger partial charge >= 0.3 is 0 Å². The molecule has 3 N–H and O–H groups in total. The van der Waals surface area contributed by atoms with Crippen LogP contribution in [-0.4, -0.2) is 14.8 Å². The molecule has 5 heteroatoms. The van der Waals surface area contributed by atoms with Crippen LogP contribution in [0, 0.1) is 29.6 Å². The Morgan fingerprint density at radius 1 is 1.11 bits per heavy atom. The minimum atomic E-state index is 0.666. The van der Waals surface area contributed by atoms with Crippen molar-refractivity contribution in [3.8, 4) is 0 Å². The molecule has 4 fully saturated rings. The highest BCUT2D eigenvalue weighted by molar-refractivity contribution is 5.23. The van der Waals surface area contributed by atoms with Gasteiger partial charge in [0.1, 0.15) is 5.82 Å². The highest BCUT2D eigenvalue weighted by Crippen LogP contribution is 2.57. The average molecular weight is 261 g/mol. The Morgan fingerprint density at radius 2 is 1.74 bits per heavy atom. The van der Waals surface area contributed by atoms with Gasteiger partial charge in [-0.1, -0.05) is 0 Å². The fraction of sp³-hybridized carbons (Fsp3) is 0.857. The van der Waals surface area contributed by atoms with Crippen LogP contribution in [0.5, 0.6) is 0 Å². The van der Waals surface area contributed by atoms with Gasteiger partial charge in [-0.2, -0.15) is 0 Å². The number of anilines is 1. The van der Waals surface area contributed by atoms with Crippen LogP contribution in [-0.2, 0) is 13.5 Å². The van der Waals surface area contributed by atoms with Gasteiger partial charge in [-0.15, -0.1) is 10.2 Å². The SMILES string of the molecule is Cn1c(CC2C3CC4CC(C3)CC2C4)nnc1NN. The molecule has 0 spiro atoms. The molecule has 0 unspecified atom stereocenters. The maximum Gasteiger partial charge on any atom is 0.238 e. The van der Waals surface area contributed by atoms with E-state index in [0.29, 0.717) is 5.95 Å². The largest absolute Gasteiger partial charge is 0.300 e. The van der Waals surface area contributed by atoms with Gasteiger partial charge < -0.3 is 0 Å². The Labute approximate surface area is 113 Å². The second-order valence-electron chi connectivity index (χ2n) is 6.94. The average Bonchev–Trinajstić information content (AvgIpc) is 2.74. The molecule has 5 nitrogen and oxygen atoms in total. The number of aromatic nitrogens is 3. The summed E-state index contributed by atoms with van der Waals surface area (Å²) in [6.45, 7) is 0. The first-order chi connectivity index (χ1) is 9.24. The smallest absolute Gasteiger partial charge is 0.238 e. The highest BCUT2D eigenvalue weighted by Gasteiger charge is 2.48. The summed E-state index contributed by atoms with van der Waals surface area (Å²) in [7, 11) is 2.00. The number of hydrogen-bond acceptors (Lipinski definition) is 4. The Hall–Kier alpha value is -1.10. The zero-order valence-electron chi connectivity index (χ0n) is 11.5. The van der Waals surface area contributed by atoms with E-state index in [9.17, 15) is 0 Å². The van der Waals surface area contributed by atoms with Gasteiger partial charge in [0.2, 0.25) is 5.95 Å². The summed E-state index contributed by atoms with van der Waals surface area (Å²) in [6, 6.07) is 0. The second kappa shape index (κ2) is 4.20. The van der Waals surface area contributed by atoms with Gasteiger partial charge in [-0.25, -0.2) is 5.84 Å². The molecule has 0 atom stereocenters. The minimum Gasteiger partial charge on any atom is -0.300 e. The summed E-state index contributed by atoms with van der Waals surface area (Å²) in [5.41, 5.74) is 2.61. The topological polar surface area (TPSA) is 68.8 Å². The third-order valence-corrected chi connectivity index (χ3v) is 5.93. The molecule has 0 aliphatic heterocycles. The van der Waals surface area contributed by atoms with Gasteiger partial charge in [0.15, 0.2) is 0 Å². The van der Waals surface area contributed by atoms with Crippen LogP contribution >= 0.6 is 0 Å². The fourth-order valence-corrected chi connectivity index (χ4v) is 5.25. The van der Waals surface area contributed by atoms with Crippen molar-refractivity contribution in [1.29, 1.82) is 0 Å². The number of nitrogen functional groups attached to an aromatic ring is 1. The van der Waals surface area contributed by atoms with Gasteiger partial charge in [0.25, 0.3) is 0 Å². The van der Waals surface area contributed by atoms with E-state index < -0.39 is 0 Å². The molecule has 4 bridgehead atoms. The lowest BCUT2D eigenvalue weighted by molar-refractivity contribution is -0.0369. The van der Waals surface area contributed by atoms with Crippen LogP contribution in [0.3, 0.4) is 0 Å². The van der Waals surface area contributed by atoms with Crippen molar-refractivity contribution in [2.45, 2.75) is 38.5 Å². The van der Waals surface area contributed by atoms with E-state index in [2.05, 4.69) is 15.6 Å². The van der Waals surface area contributed by atoms with Crippen molar-refractivity contribution >= 4 is 5.95 Å². The van der Waals surface area contributed by atoms with Gasteiger partial charge in [0, 0.05) is 13.5 Å². The van der Waals surface area contributed by atoms with E-state index >= 15 is 0 Å². The highest BCUT2D eigenvalue weighted by atomic mass is 15.4. The molecule has 0 aromatic carbocycles. The van der Waals surface area contributed by atoms with E-state index in [0.717, 1.165) is 41.8 Å². The number of nitrogens with zero attached hydrogens (tertiary/aromatic N) is 3. The maximum absolute atomic E-state index is 5.44. The summed E-state index contributed by atoms with van der Waals surface area (Å²) in [5, 5.41) is 8.40. The maximum atomic E-state index is 5.44. The first kappa shape index (κ1) is 11.7. The van der Waals surface area contributed by atoms with Gasteiger partial charge in [-0.05, 0) is 61.7 Å². The lowest BCUT2D eigenvalue weighted by Crippen LogP contribution is -2.46. The van der Waals surface area contributed by atoms with E-state index in [1.807, 2.05) is 11.6 Å². The summed E-state index contributed by atoms with van der Waals surface area (Å²) < 4.78 is 2.01. The fourth-order valence-electron chi connectivity index (χ4n) is 5.25. The standard InChI is InChI=1S/C14H23N5/c1-19-13(17-18-14(19)16-15)7-12-10-3-8-2-9(5-10)6-11(12)4-8/h8-12H,2-7,15H2,1H3,(H,16,18). The first-order valence-electron chi connectivity index (χ1n) is 7.59. The van der Waals surface area contributed by atoms with E-state index in [-0.39, 0.29) is 0 Å². The van der Waals surface area contributed by atoms with Crippen LogP contribution < -0.4 is 11.3 Å². The molecule has 0 saturated heterocycles. The molecule has 0 amide bonds. The van der Waals surface area contributed by atoms with Crippen LogP contribution in [0.2, 0.25) is 0 Å². The van der Waals surface area contributed by atoms with Crippen molar-refractivity contribution in [2.75, 3.05) is 5.43 Å². The normalized spacial score (nSPS) is 39.8. The summed E-state index contributed by atoms with van der Waals surface area (Å²) in [4.78, 5) is 0. The molecule has 4 aliphatic carbocycles. The molecular weight excluding hydrogens is 238 g/mol. The van der Waals surface area contributed by atoms with Crippen LogP contribution in [0.4, 0.5) is 5.95 Å². The molecule has 104 valence electrons. The Morgan fingerprint density at radius 3 is 2.26 bits per heavy atom. The lowest BCUT2D eigenvalue weighted by Gasteiger charge is -2.54. The number of nitrogens with one attached hydrogen (secondary N) is 1. The molecule has 19 heavy (non-hydrogen) atoms. The lowest BCUT2D eigenvalue weighted by atomic mass is 9.51. The predicted molar refractivity (Wildman–Crippen MR) is 73.1 cm³/mol. The summed E-state index contributed by atoms with van der Waals surface area (Å²) >= 11 is 0. The number of hydrogen-bond donors (Lipinski definition) is 2. The van der Waals surface area contributed by atoms with Crippen molar-refractivity contribution < 1.29 is 0 Å². The molecule has 1 aromatic rings. The third-order valence-electron chi connectivity index (χ3n) is 5.93. The third kappa shape index (κ3) is 1.78. The van der Waals surface area contributed by atoms with E-state index in [1.54, 1.807) is 0 Å². The number of rotatable bonds is 3. The zero-order chi connectivity index (χ0) is 13.0. The van der Waals surface area contributed by atoms with Gasteiger partial charge in [-0.3, -0.25) is 9.99 Å². The van der Waals surface area contributed by atoms with E-state index in [1.165, 1.54) is 32.1 Å². The predicted octanol–water partition coefficient (Wildman–Crippen LogP) is 1.72. The quantitative estimate of drug-likeness (QED) is 0.642. The summed E-state index contributed by atoms with van der Waals surface area (Å²) in [6.07, 6.45) is 8.48. The molecule has 0 radical (unpaired) electrons. The van der Waals surface area contributed by atoms with E-state index in [4.69, 9.17) is 5.84 Å². The van der Waals surface area contributed by atoms with Crippen LogP contribution in [0.25, 0.3) is 0 Å². The molecule has 1 heterocycles. The number of hydrazine groups is 1. The molecule has 1 aromatic heterocycles. The minimum absolute atomic E-state index is 0.666. The zero-order valence-corrected chi connectivity index (χ0v) is 11.5. The first-order valence-corrected chi connectivity index (χ1v) is 7.59. The van der Waals surface area contributed by atoms with Crippen molar-refractivity contribution in [2.24, 2.45) is 42.5 Å². The van der Waals surface area contributed by atoms with Crippen molar-refractivity contribution in [3.63, 3.8) is 0 Å². The Kier molecular flexibility index (Phi) is 2.59. The van der Waals surface area contributed by atoms with Gasteiger partial charge in [0.05, 0.1) is 0 Å². The molecular formula is C14H23N5.